The van der Waals surface area contributed by atoms with Crippen LogP contribution in [0.5, 0.6) is 0 Å². The molecule has 0 aromatic heterocycles. The Kier molecular flexibility index (Phi) is 15.7. The molecule has 0 heterocycles. The van der Waals surface area contributed by atoms with Crippen molar-refractivity contribution in [2.45, 2.75) is 33.4 Å². The van der Waals surface area contributed by atoms with Gasteiger partial charge in [0.05, 0.1) is 33.0 Å². The molecule has 138 valence electrons. The second-order valence-electron chi connectivity index (χ2n) is 5.64. The summed E-state index contributed by atoms with van der Waals surface area (Å²) >= 11 is 0. The molecule has 0 bridgehead atoms. The normalized spacial score (nSPS) is 12.6. The molecule has 1 unspecified atom stereocenters. The van der Waals surface area contributed by atoms with Gasteiger partial charge in [-0.15, -0.1) is 0 Å². The fourth-order valence-corrected chi connectivity index (χ4v) is 1.62. The van der Waals surface area contributed by atoms with Crippen molar-refractivity contribution in [3.05, 3.63) is 12.3 Å². The summed E-state index contributed by atoms with van der Waals surface area (Å²) < 4.78 is 29.7. The van der Waals surface area contributed by atoms with E-state index in [9.17, 15) is 4.39 Å². The van der Waals surface area contributed by atoms with E-state index in [-0.39, 0.29) is 0 Å². The first-order valence-electron chi connectivity index (χ1n) is 8.58. The third-order valence-electron chi connectivity index (χ3n) is 3.24. The van der Waals surface area contributed by atoms with Gasteiger partial charge in [0.1, 0.15) is 6.17 Å². The minimum Gasteiger partial charge on any atom is -0.386 e. The highest BCUT2D eigenvalue weighted by molar-refractivity contribution is 4.94. The molecule has 2 N–H and O–H groups in total. The number of allylic oxidation sites excluding steroid dienone is 1. The number of nitrogens with one attached hydrogen (secondary N) is 2. The zero-order valence-electron chi connectivity index (χ0n) is 15.0. The topological polar surface area (TPSA) is 51.8 Å². The van der Waals surface area contributed by atoms with Gasteiger partial charge in [0.2, 0.25) is 0 Å². The zero-order valence-corrected chi connectivity index (χ0v) is 15.0. The lowest BCUT2D eigenvalue weighted by Crippen LogP contribution is -2.26. The van der Waals surface area contributed by atoms with Gasteiger partial charge in [0.25, 0.3) is 0 Å². The van der Waals surface area contributed by atoms with Gasteiger partial charge in [0, 0.05) is 31.8 Å². The molecule has 0 aromatic carbocycles. The van der Waals surface area contributed by atoms with E-state index >= 15 is 0 Å². The number of ether oxygens (including phenoxy) is 3. The van der Waals surface area contributed by atoms with E-state index in [1.807, 2.05) is 13.8 Å². The Labute approximate surface area is 140 Å². The van der Waals surface area contributed by atoms with Gasteiger partial charge < -0.3 is 24.8 Å². The summed E-state index contributed by atoms with van der Waals surface area (Å²) in [7, 11) is 0. The Balaban J connectivity index is 3.22. The predicted molar refractivity (Wildman–Crippen MR) is 92.5 cm³/mol. The summed E-state index contributed by atoms with van der Waals surface area (Å²) in [5, 5.41) is 6.18. The maximum Gasteiger partial charge on any atom is 0.119 e. The largest absolute Gasteiger partial charge is 0.386 e. The second kappa shape index (κ2) is 16.2. The average Bonchev–Trinajstić information content (AvgIpc) is 2.53. The number of likely N-dealkylation sites (N-methyl/N-ethyl adjacent to an activating group) is 1. The van der Waals surface area contributed by atoms with Gasteiger partial charge in [-0.3, -0.25) is 0 Å². The van der Waals surface area contributed by atoms with Crippen LogP contribution >= 0.6 is 0 Å². The highest BCUT2D eigenvalue weighted by Gasteiger charge is 2.07. The fraction of sp³-hybridized carbons (Fsp3) is 0.882. The van der Waals surface area contributed by atoms with Gasteiger partial charge in [-0.2, -0.15) is 0 Å². The van der Waals surface area contributed by atoms with E-state index in [2.05, 4.69) is 24.1 Å². The van der Waals surface area contributed by atoms with E-state index in [1.165, 1.54) is 0 Å². The maximum absolute atomic E-state index is 13.6. The molecular weight excluding hydrogens is 299 g/mol. The van der Waals surface area contributed by atoms with Crippen LogP contribution in [0.3, 0.4) is 0 Å². The van der Waals surface area contributed by atoms with Crippen LogP contribution in [-0.2, 0) is 14.2 Å². The van der Waals surface area contributed by atoms with Gasteiger partial charge in [0.15, 0.2) is 0 Å². The van der Waals surface area contributed by atoms with Crippen LogP contribution in [0.4, 0.5) is 4.39 Å². The zero-order chi connectivity index (χ0) is 17.3. The van der Waals surface area contributed by atoms with Crippen LogP contribution in [0, 0.1) is 5.92 Å². The smallest absolute Gasteiger partial charge is 0.119 e. The fourth-order valence-electron chi connectivity index (χ4n) is 1.62. The summed E-state index contributed by atoms with van der Waals surface area (Å²) in [6, 6.07) is 0. The van der Waals surface area contributed by atoms with E-state index in [0.29, 0.717) is 58.5 Å². The predicted octanol–water partition coefficient (Wildman–Crippen LogP) is 2.13. The molecule has 0 amide bonds. The molecule has 23 heavy (non-hydrogen) atoms. The lowest BCUT2D eigenvalue weighted by Gasteiger charge is -2.15. The van der Waals surface area contributed by atoms with Gasteiger partial charge in [-0.1, -0.05) is 27.4 Å². The quantitative estimate of drug-likeness (QED) is 0.399. The van der Waals surface area contributed by atoms with Crippen molar-refractivity contribution in [2.24, 2.45) is 5.92 Å². The van der Waals surface area contributed by atoms with Crippen LogP contribution in [0.25, 0.3) is 0 Å². The molecule has 0 spiro atoms. The summed E-state index contributed by atoms with van der Waals surface area (Å²) in [6.45, 7) is 15.3. The van der Waals surface area contributed by atoms with Crippen LogP contribution in [0.15, 0.2) is 12.3 Å². The first-order valence-corrected chi connectivity index (χ1v) is 8.58. The molecule has 0 saturated heterocycles. The standard InChI is InChI=1S/C17H35FN2O3/c1-5-19-7-9-22-11-13-23-12-10-21-8-6-17(18)14-20-16(4)15(2)3/h15,17,19-20H,4-14H2,1-3H3. The molecule has 0 aliphatic carbocycles. The minimum absolute atomic E-state index is 0.293. The summed E-state index contributed by atoms with van der Waals surface area (Å²) in [5.41, 5.74) is 0.870. The van der Waals surface area contributed by atoms with Crippen molar-refractivity contribution in [2.75, 3.05) is 59.3 Å². The van der Waals surface area contributed by atoms with Gasteiger partial charge >= 0.3 is 0 Å². The molecular formula is C17H35FN2O3. The third kappa shape index (κ3) is 16.0. The van der Waals surface area contributed by atoms with Crippen molar-refractivity contribution in [1.82, 2.24) is 10.6 Å². The second-order valence-corrected chi connectivity index (χ2v) is 5.64. The molecule has 0 radical (unpaired) electrons. The Morgan fingerprint density at radius 3 is 2.13 bits per heavy atom. The molecule has 0 rings (SSSR count). The highest BCUT2D eigenvalue weighted by Crippen LogP contribution is 2.04. The van der Waals surface area contributed by atoms with E-state index in [0.717, 1.165) is 18.8 Å². The Morgan fingerprint density at radius 2 is 1.57 bits per heavy atom. The number of hydrogen-bond donors (Lipinski definition) is 2. The first-order chi connectivity index (χ1) is 11.1. The molecule has 0 aliphatic rings. The van der Waals surface area contributed by atoms with Crippen molar-refractivity contribution in [3.63, 3.8) is 0 Å². The lowest BCUT2D eigenvalue weighted by atomic mass is 10.1. The molecule has 1 atom stereocenters. The Bertz CT molecular complexity index is 279. The lowest BCUT2D eigenvalue weighted by molar-refractivity contribution is 0.0120. The van der Waals surface area contributed by atoms with Crippen molar-refractivity contribution in [3.8, 4) is 0 Å². The van der Waals surface area contributed by atoms with E-state index in [4.69, 9.17) is 14.2 Å². The van der Waals surface area contributed by atoms with E-state index < -0.39 is 6.17 Å². The maximum atomic E-state index is 13.6. The molecule has 5 nitrogen and oxygen atoms in total. The molecule has 0 saturated carbocycles. The molecule has 0 fully saturated rings. The summed E-state index contributed by atoms with van der Waals surface area (Å²) in [5.74, 6) is 0.322. The minimum atomic E-state index is -0.920. The number of rotatable bonds is 17. The third-order valence-corrected chi connectivity index (χ3v) is 3.24. The molecule has 0 aliphatic heterocycles. The number of halogens is 1. The van der Waals surface area contributed by atoms with Gasteiger partial charge in [-0.25, -0.2) is 4.39 Å². The summed E-state index contributed by atoms with van der Waals surface area (Å²) in [4.78, 5) is 0. The van der Waals surface area contributed by atoms with Crippen LogP contribution in [-0.4, -0.2) is 65.4 Å². The van der Waals surface area contributed by atoms with E-state index in [1.54, 1.807) is 0 Å². The summed E-state index contributed by atoms with van der Waals surface area (Å²) in [6.07, 6.45) is -0.539. The number of hydrogen-bond acceptors (Lipinski definition) is 5. The molecule has 6 heteroatoms. The average molecular weight is 334 g/mol. The SMILES string of the molecule is C=C(NCC(F)CCOCCOCCOCCNCC)C(C)C. The molecule has 0 aromatic rings. The van der Waals surface area contributed by atoms with Crippen LogP contribution < -0.4 is 10.6 Å². The Morgan fingerprint density at radius 1 is 1.00 bits per heavy atom. The first kappa shape index (κ1) is 22.3. The number of alkyl halides is 1. The van der Waals surface area contributed by atoms with Crippen molar-refractivity contribution >= 4 is 0 Å². The van der Waals surface area contributed by atoms with Crippen molar-refractivity contribution in [1.29, 1.82) is 0 Å². The van der Waals surface area contributed by atoms with Crippen LogP contribution in [0.2, 0.25) is 0 Å². The Hall–Kier alpha value is -0.690. The monoisotopic (exact) mass is 334 g/mol. The van der Waals surface area contributed by atoms with Crippen LogP contribution in [0.1, 0.15) is 27.2 Å². The van der Waals surface area contributed by atoms with Gasteiger partial charge in [-0.05, 0) is 12.5 Å². The highest BCUT2D eigenvalue weighted by atomic mass is 19.1. The van der Waals surface area contributed by atoms with Crippen molar-refractivity contribution < 1.29 is 18.6 Å².